The molecule has 0 atom stereocenters. The monoisotopic (exact) mass is 414 g/mol. The van der Waals surface area contributed by atoms with E-state index in [9.17, 15) is 9.59 Å². The molecule has 8 heteroatoms. The van der Waals surface area contributed by atoms with Gasteiger partial charge in [0.15, 0.2) is 0 Å². The molecule has 7 nitrogen and oxygen atoms in total. The highest BCUT2D eigenvalue weighted by molar-refractivity contribution is 7.09. The number of amides is 2. The molecule has 2 aromatic rings. The molecule has 4 rings (SSSR count). The minimum atomic E-state index is -0.0449. The highest BCUT2D eigenvalue weighted by Crippen LogP contribution is 2.26. The molecule has 0 radical (unpaired) electrons. The van der Waals surface area contributed by atoms with Crippen molar-refractivity contribution in [3.63, 3.8) is 0 Å². The van der Waals surface area contributed by atoms with Crippen molar-refractivity contribution in [2.45, 2.75) is 26.9 Å². The van der Waals surface area contributed by atoms with Crippen LogP contribution in [0.15, 0.2) is 23.6 Å². The van der Waals surface area contributed by atoms with Gasteiger partial charge < -0.3 is 14.5 Å². The second-order valence-corrected chi connectivity index (χ2v) is 8.61. The zero-order chi connectivity index (χ0) is 20.4. The van der Waals surface area contributed by atoms with E-state index in [2.05, 4.69) is 22.0 Å². The summed E-state index contributed by atoms with van der Waals surface area (Å²) in [6, 6.07) is 6.25. The molecule has 1 aromatic carbocycles. The summed E-state index contributed by atoms with van der Waals surface area (Å²) in [6.45, 7) is 9.22. The molecule has 0 unspecified atom stereocenters. The van der Waals surface area contributed by atoms with Crippen molar-refractivity contribution in [3.8, 4) is 5.75 Å². The molecule has 0 spiro atoms. The average Bonchev–Trinajstić information content (AvgIpc) is 3.03. The second-order valence-electron chi connectivity index (χ2n) is 7.55. The summed E-state index contributed by atoms with van der Waals surface area (Å²) in [4.78, 5) is 34.7. The Balaban J connectivity index is 1.44. The number of thiazole rings is 1. The third-order valence-electron chi connectivity index (χ3n) is 5.45. The molecule has 0 aliphatic carbocycles. The van der Waals surface area contributed by atoms with Crippen molar-refractivity contribution < 1.29 is 14.3 Å². The lowest BCUT2D eigenvalue weighted by Crippen LogP contribution is -2.47. The molecule has 154 valence electrons. The van der Waals surface area contributed by atoms with Crippen molar-refractivity contribution in [3.05, 3.63) is 45.4 Å². The third-order valence-corrected chi connectivity index (χ3v) is 6.23. The molecule has 0 saturated carbocycles. The molecule has 2 amide bonds. The molecule has 0 N–H and O–H groups in total. The van der Waals surface area contributed by atoms with Crippen LogP contribution in [0.2, 0.25) is 0 Å². The summed E-state index contributed by atoms with van der Waals surface area (Å²) < 4.78 is 5.89. The Morgan fingerprint density at radius 3 is 2.62 bits per heavy atom. The Kier molecular flexibility index (Phi) is 5.82. The highest BCUT2D eigenvalue weighted by atomic mass is 32.1. The van der Waals surface area contributed by atoms with E-state index in [1.165, 1.54) is 16.9 Å². The van der Waals surface area contributed by atoms with Gasteiger partial charge in [0.2, 0.25) is 5.91 Å². The maximum atomic E-state index is 12.8. The summed E-state index contributed by atoms with van der Waals surface area (Å²) in [5.74, 6) is 0.948. The fourth-order valence-corrected chi connectivity index (χ4v) is 4.41. The number of ether oxygens (including phenoxy) is 1. The van der Waals surface area contributed by atoms with Crippen LogP contribution in [-0.2, 0) is 17.9 Å². The Morgan fingerprint density at radius 2 is 1.93 bits per heavy atom. The first-order valence-corrected chi connectivity index (χ1v) is 10.8. The van der Waals surface area contributed by atoms with E-state index in [1.54, 1.807) is 6.92 Å². The van der Waals surface area contributed by atoms with Gasteiger partial charge >= 0.3 is 0 Å². The van der Waals surface area contributed by atoms with Crippen LogP contribution in [0, 0.1) is 6.92 Å². The number of benzene rings is 1. The zero-order valence-electron chi connectivity index (χ0n) is 16.9. The molecule has 3 heterocycles. The molecular weight excluding hydrogens is 388 g/mol. The lowest BCUT2D eigenvalue weighted by Gasteiger charge is -2.34. The second kappa shape index (κ2) is 8.51. The number of hydrogen-bond donors (Lipinski definition) is 0. The Morgan fingerprint density at radius 1 is 1.14 bits per heavy atom. The Hall–Kier alpha value is -2.45. The van der Waals surface area contributed by atoms with E-state index in [0.29, 0.717) is 25.4 Å². The van der Waals surface area contributed by atoms with Gasteiger partial charge in [-0.05, 0) is 24.6 Å². The number of rotatable bonds is 3. The summed E-state index contributed by atoms with van der Waals surface area (Å²) in [5.41, 5.74) is 2.74. The first kappa shape index (κ1) is 19.8. The number of carbonyl (C=O) groups excluding carboxylic acids is 2. The quantitative estimate of drug-likeness (QED) is 0.770. The van der Waals surface area contributed by atoms with Crippen LogP contribution in [0.4, 0.5) is 0 Å². The Labute approximate surface area is 174 Å². The van der Waals surface area contributed by atoms with E-state index in [4.69, 9.17) is 4.74 Å². The normalized spacial score (nSPS) is 17.4. The SMILES string of the molecule is CC(=O)N1CCN(Cc2ccc3c(c2)CN(C(=O)c2csc(C)n2)CCO3)CC1. The van der Waals surface area contributed by atoms with E-state index >= 15 is 0 Å². The van der Waals surface area contributed by atoms with E-state index in [0.717, 1.165) is 49.0 Å². The van der Waals surface area contributed by atoms with Gasteiger partial charge in [-0.2, -0.15) is 0 Å². The van der Waals surface area contributed by atoms with Crippen molar-refractivity contribution in [2.24, 2.45) is 0 Å². The molecule has 1 saturated heterocycles. The minimum Gasteiger partial charge on any atom is -0.491 e. The predicted octanol–water partition coefficient (Wildman–Crippen LogP) is 2.15. The average molecular weight is 415 g/mol. The van der Waals surface area contributed by atoms with Crippen LogP contribution in [0.5, 0.6) is 5.75 Å². The summed E-state index contributed by atoms with van der Waals surface area (Å²) in [5, 5.41) is 2.72. The van der Waals surface area contributed by atoms with Crippen LogP contribution in [0.1, 0.15) is 33.5 Å². The van der Waals surface area contributed by atoms with Crippen LogP contribution >= 0.6 is 11.3 Å². The zero-order valence-corrected chi connectivity index (χ0v) is 17.7. The van der Waals surface area contributed by atoms with E-state index in [1.807, 2.05) is 28.2 Å². The molecule has 1 aromatic heterocycles. The summed E-state index contributed by atoms with van der Waals surface area (Å²) >= 11 is 1.49. The molecule has 0 bridgehead atoms. The first-order valence-electron chi connectivity index (χ1n) is 9.93. The number of aryl methyl sites for hydroxylation is 1. The van der Waals surface area contributed by atoms with E-state index < -0.39 is 0 Å². The smallest absolute Gasteiger partial charge is 0.273 e. The molecular formula is C21H26N4O3S. The van der Waals surface area contributed by atoms with Crippen molar-refractivity contribution in [1.82, 2.24) is 19.7 Å². The summed E-state index contributed by atoms with van der Waals surface area (Å²) in [6.07, 6.45) is 0. The number of piperazine rings is 1. The van der Waals surface area contributed by atoms with Gasteiger partial charge in [-0.3, -0.25) is 14.5 Å². The van der Waals surface area contributed by atoms with Gasteiger partial charge in [0.05, 0.1) is 11.6 Å². The largest absolute Gasteiger partial charge is 0.491 e. The molecule has 2 aliphatic rings. The first-order chi connectivity index (χ1) is 14.0. The van der Waals surface area contributed by atoms with Crippen LogP contribution in [0.25, 0.3) is 0 Å². The van der Waals surface area contributed by atoms with Crippen LogP contribution < -0.4 is 4.74 Å². The standard InChI is InChI=1S/C21H26N4O3S/c1-15-22-19(14-29-15)21(27)25-9-10-28-20-4-3-17(11-18(20)13-25)12-23-5-7-24(8-6-23)16(2)26/h3-4,11,14H,5-10,12-13H2,1-2H3. The molecule has 29 heavy (non-hydrogen) atoms. The van der Waals surface area contributed by atoms with Gasteiger partial charge in [0, 0.05) is 57.1 Å². The number of nitrogens with zero attached hydrogens (tertiary/aromatic N) is 4. The van der Waals surface area contributed by atoms with Gasteiger partial charge in [0.25, 0.3) is 5.91 Å². The fraction of sp³-hybridized carbons (Fsp3) is 0.476. The van der Waals surface area contributed by atoms with Crippen molar-refractivity contribution in [2.75, 3.05) is 39.3 Å². The molecule has 2 aliphatic heterocycles. The van der Waals surface area contributed by atoms with Gasteiger partial charge in [-0.15, -0.1) is 11.3 Å². The summed E-state index contributed by atoms with van der Waals surface area (Å²) in [7, 11) is 0. The van der Waals surface area contributed by atoms with Gasteiger partial charge in [0.1, 0.15) is 18.1 Å². The van der Waals surface area contributed by atoms with Crippen molar-refractivity contribution in [1.29, 1.82) is 0 Å². The third kappa shape index (κ3) is 4.59. The van der Waals surface area contributed by atoms with Crippen LogP contribution in [0.3, 0.4) is 0 Å². The highest BCUT2D eigenvalue weighted by Gasteiger charge is 2.24. The fourth-order valence-electron chi connectivity index (χ4n) is 3.82. The Bertz CT molecular complexity index is 905. The lowest BCUT2D eigenvalue weighted by molar-refractivity contribution is -0.130. The predicted molar refractivity (Wildman–Crippen MR) is 111 cm³/mol. The van der Waals surface area contributed by atoms with E-state index in [-0.39, 0.29) is 11.8 Å². The van der Waals surface area contributed by atoms with Crippen LogP contribution in [-0.4, -0.2) is 70.8 Å². The van der Waals surface area contributed by atoms with Gasteiger partial charge in [-0.1, -0.05) is 6.07 Å². The van der Waals surface area contributed by atoms with Gasteiger partial charge in [-0.25, -0.2) is 4.98 Å². The lowest BCUT2D eigenvalue weighted by atomic mass is 10.1. The number of fused-ring (bicyclic) bond motifs is 1. The topological polar surface area (TPSA) is 66.0 Å². The molecule has 1 fully saturated rings. The maximum Gasteiger partial charge on any atom is 0.273 e. The maximum absolute atomic E-state index is 12.8. The number of hydrogen-bond acceptors (Lipinski definition) is 6. The number of aromatic nitrogens is 1. The minimum absolute atomic E-state index is 0.0449. The number of carbonyl (C=O) groups is 2. The van der Waals surface area contributed by atoms with Crippen molar-refractivity contribution >= 4 is 23.2 Å².